The zero-order chi connectivity index (χ0) is 15.0. The molecular weight excluding hydrogens is 274 g/mol. The van der Waals surface area contributed by atoms with Crippen molar-refractivity contribution < 1.29 is 8.78 Å². The number of halogens is 2. The Morgan fingerprint density at radius 2 is 2.00 bits per heavy atom. The van der Waals surface area contributed by atoms with E-state index in [9.17, 15) is 8.78 Å². The van der Waals surface area contributed by atoms with Crippen LogP contribution in [0.5, 0.6) is 0 Å². The second kappa shape index (κ2) is 5.60. The summed E-state index contributed by atoms with van der Waals surface area (Å²) in [4.78, 5) is 6.48. The van der Waals surface area contributed by atoms with Crippen molar-refractivity contribution in [1.82, 2.24) is 14.5 Å². The van der Waals surface area contributed by atoms with Crippen molar-refractivity contribution in [2.75, 3.05) is 25.4 Å². The largest absolute Gasteiger partial charge is 0.369 e. The van der Waals surface area contributed by atoms with E-state index in [-0.39, 0.29) is 17.5 Å². The van der Waals surface area contributed by atoms with Crippen molar-refractivity contribution in [3.8, 4) is 0 Å². The molecule has 1 aliphatic rings. The van der Waals surface area contributed by atoms with Gasteiger partial charge in [-0.1, -0.05) is 6.92 Å². The van der Waals surface area contributed by atoms with Gasteiger partial charge in [-0.15, -0.1) is 0 Å². The third kappa shape index (κ3) is 2.60. The molecule has 0 spiro atoms. The number of piperidine rings is 1. The molecule has 1 aliphatic heterocycles. The summed E-state index contributed by atoms with van der Waals surface area (Å²) >= 11 is 0. The van der Waals surface area contributed by atoms with Crippen LogP contribution in [0.15, 0.2) is 12.1 Å². The Kier molecular flexibility index (Phi) is 3.80. The van der Waals surface area contributed by atoms with Gasteiger partial charge in [-0.05, 0) is 25.8 Å². The number of aromatic nitrogens is 2. The number of rotatable bonds is 3. The van der Waals surface area contributed by atoms with Crippen LogP contribution < -0.4 is 5.73 Å². The Morgan fingerprint density at radius 3 is 2.67 bits per heavy atom. The second-order valence-electron chi connectivity index (χ2n) is 5.67. The predicted molar refractivity (Wildman–Crippen MR) is 79.1 cm³/mol. The number of fused-ring (bicyclic) bond motifs is 1. The molecule has 21 heavy (non-hydrogen) atoms. The molecule has 114 valence electrons. The molecule has 4 nitrogen and oxygen atoms in total. The van der Waals surface area contributed by atoms with Gasteiger partial charge in [-0.3, -0.25) is 0 Å². The topological polar surface area (TPSA) is 47.1 Å². The number of hydrogen-bond donors (Lipinski definition) is 1. The molecule has 0 saturated carbocycles. The number of nitrogens with two attached hydrogens (primary N) is 1. The number of anilines is 1. The average Bonchev–Trinajstić information content (AvgIpc) is 2.77. The van der Waals surface area contributed by atoms with Gasteiger partial charge in [0.1, 0.15) is 11.3 Å². The highest BCUT2D eigenvalue weighted by molar-refractivity contribution is 5.79. The summed E-state index contributed by atoms with van der Waals surface area (Å²) in [6.45, 7) is 5.22. The summed E-state index contributed by atoms with van der Waals surface area (Å²) in [5.74, 6) is -0.980. The van der Waals surface area contributed by atoms with E-state index in [1.165, 1.54) is 6.07 Å². The SMILES string of the molecule is CCCN1CCC(n2c(N)nc3c(F)cc(F)cc32)CC1. The van der Waals surface area contributed by atoms with Crippen molar-refractivity contribution in [2.45, 2.75) is 32.2 Å². The van der Waals surface area contributed by atoms with Crippen LogP contribution >= 0.6 is 0 Å². The zero-order valence-corrected chi connectivity index (χ0v) is 12.1. The molecule has 0 atom stereocenters. The molecule has 2 aromatic rings. The quantitative estimate of drug-likeness (QED) is 0.946. The van der Waals surface area contributed by atoms with Crippen molar-refractivity contribution in [1.29, 1.82) is 0 Å². The number of hydrogen-bond acceptors (Lipinski definition) is 3. The molecule has 2 N–H and O–H groups in total. The number of nitrogens with zero attached hydrogens (tertiary/aromatic N) is 3. The Morgan fingerprint density at radius 1 is 1.29 bits per heavy atom. The van der Waals surface area contributed by atoms with Crippen LogP contribution in [0.25, 0.3) is 11.0 Å². The Balaban J connectivity index is 1.92. The highest BCUT2D eigenvalue weighted by Crippen LogP contribution is 2.31. The average molecular weight is 294 g/mol. The van der Waals surface area contributed by atoms with Gasteiger partial charge in [0.15, 0.2) is 5.82 Å². The van der Waals surface area contributed by atoms with Gasteiger partial charge in [0, 0.05) is 31.3 Å². The van der Waals surface area contributed by atoms with E-state index in [1.807, 2.05) is 0 Å². The van der Waals surface area contributed by atoms with Crippen molar-refractivity contribution >= 4 is 17.0 Å². The number of likely N-dealkylation sites (tertiary alicyclic amines) is 1. The van der Waals surface area contributed by atoms with Gasteiger partial charge >= 0.3 is 0 Å². The molecule has 0 amide bonds. The van der Waals surface area contributed by atoms with E-state index in [0.717, 1.165) is 45.0 Å². The first-order chi connectivity index (χ1) is 10.1. The van der Waals surface area contributed by atoms with Gasteiger partial charge in [0.05, 0.1) is 5.52 Å². The van der Waals surface area contributed by atoms with E-state index < -0.39 is 11.6 Å². The highest BCUT2D eigenvalue weighted by Gasteiger charge is 2.24. The molecule has 1 fully saturated rings. The predicted octanol–water partition coefficient (Wildman–Crippen LogP) is 2.94. The smallest absolute Gasteiger partial charge is 0.201 e. The minimum absolute atomic E-state index is 0.157. The van der Waals surface area contributed by atoms with Crippen molar-refractivity contribution in [3.05, 3.63) is 23.8 Å². The zero-order valence-electron chi connectivity index (χ0n) is 12.1. The van der Waals surface area contributed by atoms with Crippen LogP contribution in [0.3, 0.4) is 0 Å². The first-order valence-corrected chi connectivity index (χ1v) is 7.45. The van der Waals surface area contributed by atoms with Crippen LogP contribution in [0.2, 0.25) is 0 Å². The fraction of sp³-hybridized carbons (Fsp3) is 0.533. The summed E-state index contributed by atoms with van der Waals surface area (Å²) in [6.07, 6.45) is 2.98. The molecule has 0 aliphatic carbocycles. The summed E-state index contributed by atoms with van der Waals surface area (Å²) in [6, 6.07) is 2.33. The third-order valence-corrected chi connectivity index (χ3v) is 4.20. The molecule has 1 saturated heterocycles. The molecule has 6 heteroatoms. The molecule has 0 unspecified atom stereocenters. The number of imidazole rings is 1. The lowest BCUT2D eigenvalue weighted by atomic mass is 10.0. The van der Waals surface area contributed by atoms with Gasteiger partial charge < -0.3 is 15.2 Å². The number of benzene rings is 1. The molecule has 0 bridgehead atoms. The lowest BCUT2D eigenvalue weighted by Gasteiger charge is -2.33. The Hall–Kier alpha value is -1.69. The first kappa shape index (κ1) is 14.3. The standard InChI is InChI=1S/C15H20F2N4/c1-2-5-20-6-3-11(4-7-20)21-13-9-10(16)8-12(17)14(13)19-15(21)18/h8-9,11H,2-7H2,1H3,(H2,18,19). The summed E-state index contributed by atoms with van der Waals surface area (Å²) < 4.78 is 29.1. The monoisotopic (exact) mass is 294 g/mol. The minimum atomic E-state index is -0.654. The highest BCUT2D eigenvalue weighted by atomic mass is 19.1. The van der Waals surface area contributed by atoms with Crippen LogP contribution in [0.1, 0.15) is 32.2 Å². The van der Waals surface area contributed by atoms with Gasteiger partial charge in [0.2, 0.25) is 5.95 Å². The Labute approximate surface area is 122 Å². The molecule has 2 heterocycles. The maximum Gasteiger partial charge on any atom is 0.201 e. The number of nitrogen functional groups attached to an aromatic ring is 1. The molecule has 0 radical (unpaired) electrons. The first-order valence-electron chi connectivity index (χ1n) is 7.45. The van der Waals surface area contributed by atoms with E-state index >= 15 is 0 Å². The Bertz CT molecular complexity index is 645. The molecule has 1 aromatic carbocycles. The van der Waals surface area contributed by atoms with Crippen LogP contribution in [-0.4, -0.2) is 34.1 Å². The minimum Gasteiger partial charge on any atom is -0.369 e. The van der Waals surface area contributed by atoms with E-state index in [2.05, 4.69) is 16.8 Å². The van der Waals surface area contributed by atoms with Gasteiger partial charge in [-0.2, -0.15) is 0 Å². The van der Waals surface area contributed by atoms with Gasteiger partial charge in [0.25, 0.3) is 0 Å². The fourth-order valence-electron chi connectivity index (χ4n) is 3.24. The van der Waals surface area contributed by atoms with E-state index in [4.69, 9.17) is 5.73 Å². The maximum atomic E-state index is 13.8. The molecule has 1 aromatic heterocycles. The molecule has 3 rings (SSSR count). The van der Waals surface area contributed by atoms with E-state index in [0.29, 0.717) is 5.52 Å². The normalized spacial score (nSPS) is 17.7. The van der Waals surface area contributed by atoms with Crippen LogP contribution in [0, 0.1) is 11.6 Å². The lowest BCUT2D eigenvalue weighted by Crippen LogP contribution is -2.35. The molecular formula is C15H20F2N4. The lowest BCUT2D eigenvalue weighted by molar-refractivity contribution is 0.189. The van der Waals surface area contributed by atoms with Crippen LogP contribution in [-0.2, 0) is 0 Å². The second-order valence-corrected chi connectivity index (χ2v) is 5.67. The summed E-state index contributed by atoms with van der Waals surface area (Å²) in [7, 11) is 0. The van der Waals surface area contributed by atoms with Crippen molar-refractivity contribution in [2.24, 2.45) is 0 Å². The maximum absolute atomic E-state index is 13.8. The summed E-state index contributed by atoms with van der Waals surface area (Å²) in [5, 5.41) is 0. The summed E-state index contributed by atoms with van der Waals surface area (Å²) in [5.41, 5.74) is 6.56. The third-order valence-electron chi connectivity index (χ3n) is 4.20. The van der Waals surface area contributed by atoms with Crippen molar-refractivity contribution in [3.63, 3.8) is 0 Å². The van der Waals surface area contributed by atoms with Gasteiger partial charge in [-0.25, -0.2) is 13.8 Å². The fourth-order valence-corrected chi connectivity index (χ4v) is 3.24. The van der Waals surface area contributed by atoms with E-state index in [1.54, 1.807) is 4.57 Å². The van der Waals surface area contributed by atoms with Crippen LogP contribution in [0.4, 0.5) is 14.7 Å².